The van der Waals surface area contributed by atoms with Gasteiger partial charge in [-0.1, -0.05) is 25.2 Å². The lowest BCUT2D eigenvalue weighted by molar-refractivity contribution is -0.118. The van der Waals surface area contributed by atoms with Crippen molar-refractivity contribution in [2.75, 3.05) is 25.0 Å². The number of carbonyl (C=O) groups excluding carboxylic acids is 1. The summed E-state index contributed by atoms with van der Waals surface area (Å²) >= 11 is 1.51. The highest BCUT2D eigenvalue weighted by Gasteiger charge is 2.13. The van der Waals surface area contributed by atoms with Crippen molar-refractivity contribution < 1.29 is 4.79 Å². The molecule has 4 aromatic rings. The molecule has 0 aliphatic carbocycles. The summed E-state index contributed by atoms with van der Waals surface area (Å²) in [5.41, 5.74) is 4.00. The smallest absolute Gasteiger partial charge is 0.190 e. The first-order valence-corrected chi connectivity index (χ1v) is 12.4. The van der Waals surface area contributed by atoms with Crippen molar-refractivity contribution in [3.8, 4) is 11.3 Å². The number of aromatic nitrogens is 4. The average Bonchev–Trinajstić information content (AvgIpc) is 3.21. The Morgan fingerprint density at radius 3 is 2.71 bits per heavy atom. The Morgan fingerprint density at radius 1 is 1.12 bits per heavy atom. The third-order valence-corrected chi connectivity index (χ3v) is 6.31. The fourth-order valence-corrected chi connectivity index (χ4v) is 4.95. The molecular formula is C26H30N6OS. The van der Waals surface area contributed by atoms with Gasteiger partial charge in [0, 0.05) is 30.7 Å². The molecule has 0 spiro atoms. The third kappa shape index (κ3) is 6.42. The molecule has 4 rings (SSSR count). The molecule has 176 valence electrons. The molecule has 0 amide bonds. The average molecular weight is 475 g/mol. The minimum absolute atomic E-state index is 0.217. The highest BCUT2D eigenvalue weighted by atomic mass is 32.1. The van der Waals surface area contributed by atoms with E-state index in [4.69, 9.17) is 4.98 Å². The van der Waals surface area contributed by atoms with Gasteiger partial charge in [0.05, 0.1) is 12.2 Å². The van der Waals surface area contributed by atoms with Gasteiger partial charge in [0.2, 0.25) is 0 Å². The zero-order valence-electron chi connectivity index (χ0n) is 19.9. The van der Waals surface area contributed by atoms with E-state index in [1.165, 1.54) is 16.9 Å². The third-order valence-electron chi connectivity index (χ3n) is 5.43. The van der Waals surface area contributed by atoms with E-state index < -0.39 is 0 Å². The first-order chi connectivity index (χ1) is 16.5. The number of ketones is 1. The predicted molar refractivity (Wildman–Crippen MR) is 138 cm³/mol. The molecule has 34 heavy (non-hydrogen) atoms. The SMILES string of the molecule is CCCN(CC(C)=O)C[C@H](C)Cc1ccnc(Nc2nc3ccc(-c4ccncc4)nc3s2)c1. The molecule has 1 atom stereocenters. The van der Waals surface area contributed by atoms with Gasteiger partial charge in [0.1, 0.15) is 21.9 Å². The van der Waals surface area contributed by atoms with Crippen molar-refractivity contribution in [1.82, 2.24) is 24.8 Å². The molecule has 0 radical (unpaired) electrons. The van der Waals surface area contributed by atoms with Crippen LogP contribution in [0.15, 0.2) is 55.0 Å². The van der Waals surface area contributed by atoms with Gasteiger partial charge in [-0.2, -0.15) is 0 Å². The standard InChI is InChI=1S/C26H30N6OS/c1-4-13-32(17-19(3)33)16-18(2)14-20-7-12-28-24(15-20)31-26-30-23-6-5-22(29-25(23)34-26)21-8-10-27-11-9-21/h5-12,15,18H,4,13-14,16-17H2,1-3H3,(H,28,30,31)/t18-/m1/s1. The van der Waals surface area contributed by atoms with Crippen LogP contribution in [0.2, 0.25) is 0 Å². The molecule has 0 saturated heterocycles. The summed E-state index contributed by atoms with van der Waals surface area (Å²) in [5, 5.41) is 4.11. The number of nitrogens with zero attached hydrogens (tertiary/aromatic N) is 5. The normalized spacial score (nSPS) is 12.2. The van der Waals surface area contributed by atoms with Crippen molar-refractivity contribution in [3.05, 3.63) is 60.6 Å². The molecule has 4 heterocycles. The minimum Gasteiger partial charge on any atom is -0.316 e. The summed E-state index contributed by atoms with van der Waals surface area (Å²) in [4.78, 5) is 32.7. The Hall–Kier alpha value is -3.23. The van der Waals surface area contributed by atoms with Gasteiger partial charge in [-0.05, 0) is 74.2 Å². The second kappa shape index (κ2) is 11.3. The number of nitrogens with one attached hydrogen (secondary N) is 1. The van der Waals surface area contributed by atoms with Crippen molar-refractivity contribution in [2.45, 2.75) is 33.6 Å². The fraction of sp³-hybridized carbons (Fsp3) is 0.346. The Morgan fingerprint density at radius 2 is 1.94 bits per heavy atom. The van der Waals surface area contributed by atoms with Crippen LogP contribution in [0.3, 0.4) is 0 Å². The monoisotopic (exact) mass is 474 g/mol. The fourth-order valence-electron chi connectivity index (χ4n) is 4.11. The lowest BCUT2D eigenvalue weighted by Crippen LogP contribution is -2.34. The first-order valence-electron chi connectivity index (χ1n) is 11.6. The summed E-state index contributed by atoms with van der Waals surface area (Å²) in [6, 6.07) is 12.0. The van der Waals surface area contributed by atoms with Crippen molar-refractivity contribution >= 4 is 38.4 Å². The van der Waals surface area contributed by atoms with Crippen LogP contribution in [-0.4, -0.2) is 50.3 Å². The highest BCUT2D eigenvalue weighted by Crippen LogP contribution is 2.29. The van der Waals surface area contributed by atoms with E-state index in [1.807, 2.05) is 30.5 Å². The Labute approximate surface area is 204 Å². The van der Waals surface area contributed by atoms with E-state index in [0.717, 1.165) is 58.5 Å². The molecule has 0 unspecified atom stereocenters. The molecule has 0 fully saturated rings. The van der Waals surface area contributed by atoms with Crippen molar-refractivity contribution in [1.29, 1.82) is 0 Å². The molecule has 0 aliphatic rings. The summed E-state index contributed by atoms with van der Waals surface area (Å²) in [7, 11) is 0. The van der Waals surface area contributed by atoms with Crippen LogP contribution < -0.4 is 5.32 Å². The molecule has 7 nitrogen and oxygen atoms in total. The topological polar surface area (TPSA) is 83.9 Å². The maximum absolute atomic E-state index is 11.6. The number of anilines is 2. The van der Waals surface area contributed by atoms with Crippen LogP contribution >= 0.6 is 11.3 Å². The largest absolute Gasteiger partial charge is 0.316 e. The summed E-state index contributed by atoms with van der Waals surface area (Å²) in [5.74, 6) is 1.42. The molecule has 0 saturated carbocycles. The van der Waals surface area contributed by atoms with Crippen LogP contribution in [0.5, 0.6) is 0 Å². The maximum atomic E-state index is 11.6. The van der Waals surface area contributed by atoms with Crippen LogP contribution in [-0.2, 0) is 11.2 Å². The van der Waals surface area contributed by atoms with E-state index in [2.05, 4.69) is 51.1 Å². The number of fused-ring (bicyclic) bond motifs is 1. The predicted octanol–water partition coefficient (Wildman–Crippen LogP) is 5.37. The molecule has 0 bridgehead atoms. The summed E-state index contributed by atoms with van der Waals surface area (Å²) in [6.45, 7) is 8.41. The van der Waals surface area contributed by atoms with E-state index in [-0.39, 0.29) is 5.78 Å². The Balaban J connectivity index is 1.43. The molecule has 1 N–H and O–H groups in total. The Kier molecular flexibility index (Phi) is 7.92. The summed E-state index contributed by atoms with van der Waals surface area (Å²) < 4.78 is 0. The van der Waals surface area contributed by atoms with E-state index in [0.29, 0.717) is 12.5 Å². The van der Waals surface area contributed by atoms with Gasteiger partial charge in [-0.3, -0.25) is 14.7 Å². The van der Waals surface area contributed by atoms with Crippen molar-refractivity contribution in [3.63, 3.8) is 0 Å². The molecule has 0 aromatic carbocycles. The number of carbonyl (C=O) groups is 1. The van der Waals surface area contributed by atoms with Crippen LogP contribution in [0.4, 0.5) is 10.9 Å². The molecule has 0 aliphatic heterocycles. The van der Waals surface area contributed by atoms with Gasteiger partial charge in [0.15, 0.2) is 5.13 Å². The van der Waals surface area contributed by atoms with Crippen LogP contribution in [0, 0.1) is 5.92 Å². The quantitative estimate of drug-likeness (QED) is 0.313. The van der Waals surface area contributed by atoms with Crippen LogP contribution in [0.25, 0.3) is 21.6 Å². The zero-order valence-corrected chi connectivity index (χ0v) is 20.7. The first kappa shape index (κ1) is 23.9. The minimum atomic E-state index is 0.217. The number of hydrogen-bond donors (Lipinski definition) is 1. The van der Waals surface area contributed by atoms with Gasteiger partial charge >= 0.3 is 0 Å². The number of thiazole rings is 1. The number of Topliss-reactive ketones (excluding diaryl/α,β-unsaturated/α-hetero) is 1. The molecule has 4 aromatic heterocycles. The number of hydrogen-bond acceptors (Lipinski definition) is 8. The van der Waals surface area contributed by atoms with E-state index in [1.54, 1.807) is 19.3 Å². The van der Waals surface area contributed by atoms with Crippen molar-refractivity contribution in [2.24, 2.45) is 5.92 Å². The second-order valence-electron chi connectivity index (χ2n) is 8.70. The summed E-state index contributed by atoms with van der Waals surface area (Å²) in [6.07, 6.45) is 7.34. The van der Waals surface area contributed by atoms with Crippen LogP contribution in [0.1, 0.15) is 32.8 Å². The number of rotatable bonds is 11. The van der Waals surface area contributed by atoms with Gasteiger partial charge < -0.3 is 5.32 Å². The highest BCUT2D eigenvalue weighted by molar-refractivity contribution is 7.21. The Bertz CT molecular complexity index is 1240. The van der Waals surface area contributed by atoms with E-state index >= 15 is 0 Å². The molecule has 8 heteroatoms. The maximum Gasteiger partial charge on any atom is 0.190 e. The lowest BCUT2D eigenvalue weighted by Gasteiger charge is -2.24. The van der Waals surface area contributed by atoms with Gasteiger partial charge in [-0.15, -0.1) is 0 Å². The van der Waals surface area contributed by atoms with Gasteiger partial charge in [-0.25, -0.2) is 15.0 Å². The zero-order chi connectivity index (χ0) is 23.9. The number of pyridine rings is 3. The lowest BCUT2D eigenvalue weighted by atomic mass is 10.0. The molecular weight excluding hydrogens is 444 g/mol. The van der Waals surface area contributed by atoms with E-state index in [9.17, 15) is 4.79 Å². The van der Waals surface area contributed by atoms with Gasteiger partial charge in [0.25, 0.3) is 0 Å². The second-order valence-corrected chi connectivity index (χ2v) is 9.67.